The molecule has 1 aliphatic rings. The quantitative estimate of drug-likeness (QED) is 0.860. The van der Waals surface area contributed by atoms with E-state index in [2.05, 4.69) is 41.8 Å². The van der Waals surface area contributed by atoms with E-state index in [4.69, 9.17) is 4.74 Å². The highest BCUT2D eigenvalue weighted by Gasteiger charge is 2.24. The number of carbonyl (C=O) groups is 1. The Kier molecular flexibility index (Phi) is 5.91. The fourth-order valence-electron chi connectivity index (χ4n) is 2.92. The minimum absolute atomic E-state index is 0.250. The normalized spacial score (nSPS) is 21.6. The highest BCUT2D eigenvalue weighted by Crippen LogP contribution is 2.25. The molecule has 4 nitrogen and oxygen atoms in total. The van der Waals surface area contributed by atoms with Crippen molar-refractivity contribution in [2.75, 3.05) is 11.9 Å². The molecule has 1 aromatic carbocycles. The highest BCUT2D eigenvalue weighted by molar-refractivity contribution is 5.68. The lowest BCUT2D eigenvalue weighted by Gasteiger charge is -2.30. The minimum atomic E-state index is -0.431. The maximum absolute atomic E-state index is 11.8. The van der Waals surface area contributed by atoms with Crippen LogP contribution >= 0.6 is 0 Å². The molecule has 128 valence electrons. The van der Waals surface area contributed by atoms with Gasteiger partial charge in [-0.3, -0.25) is 0 Å². The van der Waals surface area contributed by atoms with Crippen molar-refractivity contribution in [2.24, 2.45) is 5.92 Å². The third-order valence-corrected chi connectivity index (χ3v) is 4.21. The van der Waals surface area contributed by atoms with E-state index in [1.54, 1.807) is 0 Å². The molecule has 0 atom stereocenters. The Hall–Kier alpha value is -1.71. The lowest BCUT2D eigenvalue weighted by Crippen LogP contribution is -2.41. The monoisotopic (exact) mass is 318 g/mol. The van der Waals surface area contributed by atoms with Crippen molar-refractivity contribution < 1.29 is 9.53 Å². The van der Waals surface area contributed by atoms with Gasteiger partial charge in [-0.25, -0.2) is 4.79 Å². The Balaban J connectivity index is 1.67. The van der Waals surface area contributed by atoms with Gasteiger partial charge < -0.3 is 15.4 Å². The summed E-state index contributed by atoms with van der Waals surface area (Å²) in [5.74, 6) is 0.674. The van der Waals surface area contributed by atoms with E-state index in [-0.39, 0.29) is 12.1 Å². The summed E-state index contributed by atoms with van der Waals surface area (Å²) in [6.07, 6.45) is 4.04. The second-order valence-corrected chi connectivity index (χ2v) is 7.61. The van der Waals surface area contributed by atoms with E-state index in [0.29, 0.717) is 5.92 Å². The summed E-state index contributed by atoms with van der Waals surface area (Å²) in [6, 6.07) is 8.77. The number of carbonyl (C=O) groups excluding carboxylic acids is 1. The van der Waals surface area contributed by atoms with E-state index in [1.807, 2.05) is 20.8 Å². The number of amides is 1. The molecule has 4 heteroatoms. The van der Waals surface area contributed by atoms with Gasteiger partial charge >= 0.3 is 6.09 Å². The molecule has 2 rings (SSSR count). The van der Waals surface area contributed by atoms with Crippen molar-refractivity contribution in [2.45, 2.75) is 65.0 Å². The van der Waals surface area contributed by atoms with Crippen molar-refractivity contribution in [3.8, 4) is 0 Å². The fraction of sp³-hybridized carbons (Fsp3) is 0.632. The first-order chi connectivity index (χ1) is 10.8. The Bertz CT molecular complexity index is 497. The van der Waals surface area contributed by atoms with Crippen molar-refractivity contribution in [3.63, 3.8) is 0 Å². The molecule has 2 N–H and O–H groups in total. The topological polar surface area (TPSA) is 50.4 Å². The lowest BCUT2D eigenvalue weighted by atomic mass is 9.86. The summed E-state index contributed by atoms with van der Waals surface area (Å²) in [6.45, 7) is 8.77. The van der Waals surface area contributed by atoms with Crippen LogP contribution in [0.3, 0.4) is 0 Å². The first-order valence-electron chi connectivity index (χ1n) is 8.62. The van der Waals surface area contributed by atoms with E-state index in [1.165, 1.54) is 11.3 Å². The fourth-order valence-corrected chi connectivity index (χ4v) is 2.92. The summed E-state index contributed by atoms with van der Waals surface area (Å²) in [7, 11) is 0. The van der Waals surface area contributed by atoms with Crippen molar-refractivity contribution in [1.82, 2.24) is 5.32 Å². The third kappa shape index (κ3) is 6.51. The summed E-state index contributed by atoms with van der Waals surface area (Å²) in [4.78, 5) is 11.8. The molecule has 0 heterocycles. The Morgan fingerprint density at radius 1 is 1.13 bits per heavy atom. The van der Waals surface area contributed by atoms with Crippen LogP contribution in [-0.4, -0.2) is 24.3 Å². The second-order valence-electron chi connectivity index (χ2n) is 7.61. The smallest absolute Gasteiger partial charge is 0.407 e. The number of benzene rings is 1. The molecule has 1 fully saturated rings. The standard InChI is InChI=1S/C19H30N2O2/c1-14-5-9-16(10-6-14)20-13-15-7-11-17(12-8-15)21-18(22)23-19(2,3)4/h5-6,9-10,15,17,20H,7-8,11-13H2,1-4H3,(H,21,22). The number of ether oxygens (including phenoxy) is 1. The van der Waals surface area contributed by atoms with Crippen LogP contribution in [0.2, 0.25) is 0 Å². The van der Waals surface area contributed by atoms with Crippen LogP contribution in [-0.2, 0) is 4.74 Å². The van der Waals surface area contributed by atoms with Gasteiger partial charge in [-0.05, 0) is 71.4 Å². The molecule has 0 aromatic heterocycles. The number of hydrogen-bond donors (Lipinski definition) is 2. The number of hydrogen-bond acceptors (Lipinski definition) is 3. The minimum Gasteiger partial charge on any atom is -0.444 e. The van der Waals surface area contributed by atoms with E-state index >= 15 is 0 Å². The zero-order valence-electron chi connectivity index (χ0n) is 14.8. The zero-order chi connectivity index (χ0) is 16.9. The van der Waals surface area contributed by atoms with Gasteiger partial charge in [0.25, 0.3) is 0 Å². The molecule has 23 heavy (non-hydrogen) atoms. The molecule has 1 aromatic rings. The summed E-state index contributed by atoms with van der Waals surface area (Å²) < 4.78 is 5.32. The molecule has 1 saturated carbocycles. The predicted molar refractivity (Wildman–Crippen MR) is 94.8 cm³/mol. The average Bonchev–Trinajstić information content (AvgIpc) is 2.46. The maximum Gasteiger partial charge on any atom is 0.407 e. The van der Waals surface area contributed by atoms with Crippen LogP contribution in [0, 0.1) is 12.8 Å². The van der Waals surface area contributed by atoms with Gasteiger partial charge in [0.05, 0.1) is 0 Å². The van der Waals surface area contributed by atoms with Crippen LogP contribution in [0.15, 0.2) is 24.3 Å². The van der Waals surface area contributed by atoms with Gasteiger partial charge in [0.1, 0.15) is 5.60 Å². The Labute approximate surface area is 140 Å². The molecular weight excluding hydrogens is 288 g/mol. The molecule has 1 amide bonds. The van der Waals surface area contributed by atoms with Gasteiger partial charge in [-0.1, -0.05) is 17.7 Å². The molecule has 0 spiro atoms. The summed E-state index contributed by atoms with van der Waals surface area (Å²) in [5, 5.41) is 6.51. The van der Waals surface area contributed by atoms with Crippen LogP contribution in [0.4, 0.5) is 10.5 Å². The molecule has 1 aliphatic carbocycles. The molecule has 0 radical (unpaired) electrons. The SMILES string of the molecule is Cc1ccc(NCC2CCC(NC(=O)OC(C)(C)C)CC2)cc1. The number of alkyl carbamates (subject to hydrolysis) is 1. The average molecular weight is 318 g/mol. The van der Waals surface area contributed by atoms with Crippen molar-refractivity contribution in [1.29, 1.82) is 0 Å². The predicted octanol–water partition coefficient (Wildman–Crippen LogP) is 4.49. The van der Waals surface area contributed by atoms with Crippen LogP contribution < -0.4 is 10.6 Å². The number of anilines is 1. The van der Waals surface area contributed by atoms with Crippen molar-refractivity contribution in [3.05, 3.63) is 29.8 Å². The first-order valence-corrected chi connectivity index (χ1v) is 8.62. The Morgan fingerprint density at radius 3 is 2.30 bits per heavy atom. The molecule has 0 aliphatic heterocycles. The molecular formula is C19H30N2O2. The van der Waals surface area contributed by atoms with E-state index in [9.17, 15) is 4.79 Å². The van der Waals surface area contributed by atoms with Gasteiger partial charge in [0.2, 0.25) is 0 Å². The van der Waals surface area contributed by atoms with Gasteiger partial charge in [0, 0.05) is 18.3 Å². The van der Waals surface area contributed by atoms with Gasteiger partial charge in [-0.2, -0.15) is 0 Å². The van der Waals surface area contributed by atoms with Crippen LogP contribution in [0.1, 0.15) is 52.0 Å². The number of aryl methyl sites for hydroxylation is 1. The maximum atomic E-state index is 11.8. The third-order valence-electron chi connectivity index (χ3n) is 4.21. The van der Waals surface area contributed by atoms with Crippen molar-refractivity contribution >= 4 is 11.8 Å². The molecule has 0 unspecified atom stereocenters. The lowest BCUT2D eigenvalue weighted by molar-refractivity contribution is 0.0488. The largest absolute Gasteiger partial charge is 0.444 e. The molecule has 0 bridgehead atoms. The number of nitrogens with one attached hydrogen (secondary N) is 2. The second kappa shape index (κ2) is 7.71. The van der Waals surface area contributed by atoms with Gasteiger partial charge in [-0.15, -0.1) is 0 Å². The number of rotatable bonds is 4. The summed E-state index contributed by atoms with van der Waals surface area (Å²) >= 11 is 0. The first kappa shape index (κ1) is 17.6. The highest BCUT2D eigenvalue weighted by atomic mass is 16.6. The van der Waals surface area contributed by atoms with Crippen LogP contribution in [0.5, 0.6) is 0 Å². The van der Waals surface area contributed by atoms with Crippen LogP contribution in [0.25, 0.3) is 0 Å². The molecule has 0 saturated heterocycles. The van der Waals surface area contributed by atoms with E-state index in [0.717, 1.165) is 32.2 Å². The summed E-state index contributed by atoms with van der Waals surface area (Å²) in [5.41, 5.74) is 2.04. The van der Waals surface area contributed by atoms with E-state index < -0.39 is 5.60 Å². The van der Waals surface area contributed by atoms with Gasteiger partial charge in [0.15, 0.2) is 0 Å². The zero-order valence-corrected chi connectivity index (χ0v) is 14.8. The Morgan fingerprint density at radius 2 is 1.74 bits per heavy atom.